The fourth-order valence-electron chi connectivity index (χ4n) is 5.03. The first-order chi connectivity index (χ1) is 19.0. The van der Waals surface area contributed by atoms with Crippen LogP contribution in [0.1, 0.15) is 47.0 Å². The van der Waals surface area contributed by atoms with Crippen molar-refractivity contribution in [3.8, 4) is 17.2 Å². The van der Waals surface area contributed by atoms with Crippen LogP contribution in [-0.4, -0.2) is 68.3 Å². The second-order valence-electron chi connectivity index (χ2n) is 10.6. The fourth-order valence-corrected chi connectivity index (χ4v) is 5.24. The molecular formula is C28H41ClN6O5. The maximum atomic E-state index is 12.6. The van der Waals surface area contributed by atoms with Gasteiger partial charge >= 0.3 is 0 Å². The third-order valence-electron chi connectivity index (χ3n) is 6.45. The van der Waals surface area contributed by atoms with Gasteiger partial charge < -0.3 is 35.1 Å². The van der Waals surface area contributed by atoms with Gasteiger partial charge in [0.2, 0.25) is 23.5 Å². The Morgan fingerprint density at radius 2 is 1.52 bits per heavy atom. The molecule has 1 aromatic heterocycles. The molecule has 11 nitrogen and oxygen atoms in total. The molecule has 1 fully saturated rings. The van der Waals surface area contributed by atoms with Gasteiger partial charge in [0.15, 0.2) is 17.3 Å². The number of hydrogen-bond acceptors (Lipinski definition) is 9. The average Bonchev–Trinajstić information content (AvgIpc) is 2.88. The Kier molecular flexibility index (Phi) is 11.1. The van der Waals surface area contributed by atoms with E-state index in [1.165, 1.54) is 20.4 Å². The van der Waals surface area contributed by atoms with Gasteiger partial charge in [0.1, 0.15) is 5.02 Å². The van der Waals surface area contributed by atoms with Crippen molar-refractivity contribution in [1.29, 1.82) is 0 Å². The van der Waals surface area contributed by atoms with E-state index in [0.29, 0.717) is 65.7 Å². The molecule has 0 bridgehead atoms. The lowest BCUT2D eigenvalue weighted by atomic mass is 9.84. The number of piperidine rings is 1. The first-order valence-corrected chi connectivity index (χ1v) is 13.8. The molecule has 3 N–H and O–H groups in total. The Morgan fingerprint density at radius 3 is 2.02 bits per heavy atom. The number of hydrogen-bond donors (Lipinski definition) is 3. The van der Waals surface area contributed by atoms with Gasteiger partial charge in [-0.05, 0) is 58.1 Å². The molecule has 220 valence electrons. The lowest BCUT2D eigenvalue weighted by molar-refractivity contribution is -0.122. The Hall–Kier alpha value is -3.47. The van der Waals surface area contributed by atoms with E-state index < -0.39 is 0 Å². The number of nitrogens with zero attached hydrogens (tertiary/aromatic N) is 3. The highest BCUT2D eigenvalue weighted by atomic mass is 35.5. The Bertz CT molecular complexity index is 1150. The summed E-state index contributed by atoms with van der Waals surface area (Å²) >= 11 is 6.61. The van der Waals surface area contributed by atoms with Crippen LogP contribution >= 0.6 is 11.6 Å². The molecule has 40 heavy (non-hydrogen) atoms. The van der Waals surface area contributed by atoms with E-state index in [9.17, 15) is 9.59 Å². The van der Waals surface area contributed by atoms with Gasteiger partial charge in [0.25, 0.3) is 0 Å². The number of nitrogens with one attached hydrogen (secondary N) is 3. The van der Waals surface area contributed by atoms with Gasteiger partial charge in [-0.2, -0.15) is 4.98 Å². The summed E-state index contributed by atoms with van der Waals surface area (Å²) in [7, 11) is 4.62. The number of methoxy groups -OCH3 is 3. The minimum Gasteiger partial charge on any atom is -0.493 e. The summed E-state index contributed by atoms with van der Waals surface area (Å²) in [5.74, 6) is 2.26. The van der Waals surface area contributed by atoms with Gasteiger partial charge in [-0.15, -0.1) is 0 Å². The molecule has 0 aliphatic carbocycles. The monoisotopic (exact) mass is 576 g/mol. The Morgan fingerprint density at radius 1 is 0.950 bits per heavy atom. The van der Waals surface area contributed by atoms with Gasteiger partial charge in [-0.3, -0.25) is 9.59 Å². The summed E-state index contributed by atoms with van der Waals surface area (Å²) in [5, 5.41) is 9.51. The van der Waals surface area contributed by atoms with Gasteiger partial charge in [-0.25, -0.2) is 4.98 Å². The summed E-state index contributed by atoms with van der Waals surface area (Å²) in [5.41, 5.74) is 0.582. The zero-order valence-electron chi connectivity index (χ0n) is 24.3. The molecule has 12 heteroatoms. The first kappa shape index (κ1) is 31.1. The molecule has 2 atom stereocenters. The molecule has 1 aliphatic heterocycles. The van der Waals surface area contributed by atoms with Crippen molar-refractivity contribution in [3.63, 3.8) is 0 Å². The zero-order valence-corrected chi connectivity index (χ0v) is 25.1. The maximum absolute atomic E-state index is 12.6. The molecule has 2 aromatic rings. The normalized spacial score (nSPS) is 17.0. The van der Waals surface area contributed by atoms with Crippen LogP contribution < -0.4 is 35.1 Å². The second-order valence-corrected chi connectivity index (χ2v) is 11.0. The molecule has 0 unspecified atom stereocenters. The molecule has 0 radical (unpaired) electrons. The Balaban J connectivity index is 1.88. The minimum absolute atomic E-state index is 0.0103. The van der Waals surface area contributed by atoms with Crippen LogP contribution in [0.4, 0.5) is 17.5 Å². The topological polar surface area (TPSA) is 127 Å². The fraction of sp³-hybridized carbons (Fsp3) is 0.571. The van der Waals surface area contributed by atoms with E-state index in [0.717, 1.165) is 6.42 Å². The number of halogens is 1. The van der Waals surface area contributed by atoms with Crippen LogP contribution in [0.15, 0.2) is 18.3 Å². The van der Waals surface area contributed by atoms with Crippen molar-refractivity contribution in [2.24, 2.45) is 11.8 Å². The van der Waals surface area contributed by atoms with Crippen LogP contribution in [0.5, 0.6) is 17.2 Å². The van der Waals surface area contributed by atoms with E-state index >= 15 is 0 Å². The predicted molar refractivity (Wildman–Crippen MR) is 156 cm³/mol. The molecule has 1 aromatic carbocycles. The predicted octanol–water partition coefficient (Wildman–Crippen LogP) is 4.17. The van der Waals surface area contributed by atoms with Crippen molar-refractivity contribution < 1.29 is 23.8 Å². The Labute approximate surface area is 241 Å². The lowest BCUT2D eigenvalue weighted by Gasteiger charge is -2.38. The second kappa shape index (κ2) is 14.2. The quantitative estimate of drug-likeness (QED) is 0.341. The molecule has 0 spiro atoms. The van der Waals surface area contributed by atoms with Crippen LogP contribution in [0, 0.1) is 11.8 Å². The van der Waals surface area contributed by atoms with Crippen LogP contribution in [-0.2, 0) is 9.59 Å². The first-order valence-electron chi connectivity index (χ1n) is 13.5. The third-order valence-corrected chi connectivity index (χ3v) is 6.71. The largest absolute Gasteiger partial charge is 0.493 e. The van der Waals surface area contributed by atoms with Gasteiger partial charge in [0.05, 0.1) is 33.2 Å². The van der Waals surface area contributed by atoms with Crippen molar-refractivity contribution in [3.05, 3.63) is 23.4 Å². The molecule has 2 heterocycles. The van der Waals surface area contributed by atoms with Crippen LogP contribution in [0.2, 0.25) is 5.02 Å². The molecule has 1 aliphatic rings. The number of carbonyl (C=O) groups excluding carboxylic acids is 2. The van der Waals surface area contributed by atoms with Gasteiger partial charge in [-0.1, -0.05) is 11.6 Å². The number of amides is 2. The van der Waals surface area contributed by atoms with Crippen molar-refractivity contribution in [1.82, 2.24) is 20.6 Å². The van der Waals surface area contributed by atoms with Gasteiger partial charge in [0, 0.05) is 38.0 Å². The van der Waals surface area contributed by atoms with Crippen LogP contribution in [0.3, 0.4) is 0 Å². The number of benzene rings is 1. The highest BCUT2D eigenvalue weighted by Gasteiger charge is 2.32. The number of aromatic nitrogens is 2. The highest BCUT2D eigenvalue weighted by Crippen LogP contribution is 2.43. The number of anilines is 3. The summed E-state index contributed by atoms with van der Waals surface area (Å²) < 4.78 is 16.4. The van der Waals surface area contributed by atoms with E-state index in [2.05, 4.69) is 20.9 Å². The summed E-state index contributed by atoms with van der Waals surface area (Å²) in [4.78, 5) is 36.4. The smallest absolute Gasteiger partial charge is 0.229 e. The molecule has 3 rings (SSSR count). The molecule has 2 amide bonds. The summed E-state index contributed by atoms with van der Waals surface area (Å²) in [6.45, 7) is 8.90. The van der Waals surface area contributed by atoms with E-state index in [4.69, 9.17) is 30.8 Å². The SMILES string of the molecule is COc1ccc(Nc2ncc(Cl)c(N3C[C@H](CC(=O)NC(C)C)C[C@H](CC(=O)NC(C)C)C3)n2)c(OC)c1OC. The average molecular weight is 577 g/mol. The minimum atomic E-state index is -0.0103. The van der Waals surface area contributed by atoms with Crippen LogP contribution in [0.25, 0.3) is 0 Å². The third kappa shape index (κ3) is 8.27. The molecular weight excluding hydrogens is 536 g/mol. The van der Waals surface area contributed by atoms with Crippen molar-refractivity contribution >= 4 is 40.9 Å². The van der Waals surface area contributed by atoms with E-state index in [-0.39, 0.29) is 35.7 Å². The van der Waals surface area contributed by atoms with Crippen molar-refractivity contribution in [2.75, 3.05) is 44.6 Å². The van der Waals surface area contributed by atoms with E-state index in [1.807, 2.05) is 32.6 Å². The number of ether oxygens (including phenoxy) is 3. The summed E-state index contributed by atoms with van der Waals surface area (Å²) in [6.07, 6.45) is 3.00. The van der Waals surface area contributed by atoms with E-state index in [1.54, 1.807) is 19.2 Å². The standard InChI is InChI=1S/C28H41ClN6O5/c1-16(2)31-23(36)11-18-10-19(12-24(37)32-17(3)4)15-35(14-18)27-20(29)13-30-28(34-27)33-21-8-9-22(38-5)26(40-7)25(21)39-6/h8-9,13,16-19H,10-12,14-15H2,1-7H3,(H,31,36)(H,32,37)(H,30,33,34)/t18-,19+. The number of carbonyl (C=O) groups is 2. The maximum Gasteiger partial charge on any atom is 0.229 e. The lowest BCUT2D eigenvalue weighted by Crippen LogP contribution is -2.45. The molecule has 1 saturated heterocycles. The number of rotatable bonds is 12. The highest BCUT2D eigenvalue weighted by molar-refractivity contribution is 6.32. The molecule has 0 saturated carbocycles. The summed E-state index contributed by atoms with van der Waals surface area (Å²) in [6, 6.07) is 3.65. The van der Waals surface area contributed by atoms with Crippen molar-refractivity contribution in [2.45, 2.75) is 59.0 Å². The zero-order chi connectivity index (χ0) is 29.4.